The van der Waals surface area contributed by atoms with Gasteiger partial charge in [0.2, 0.25) is 0 Å². The molecule has 0 bridgehead atoms. The first-order valence-corrected chi connectivity index (χ1v) is 4.24. The van der Waals surface area contributed by atoms with Crippen LogP contribution in [0.1, 0.15) is 34.1 Å². The van der Waals surface area contributed by atoms with Crippen molar-refractivity contribution < 1.29 is 9.53 Å². The van der Waals surface area contributed by atoms with Crippen molar-refractivity contribution in [1.82, 2.24) is 0 Å². The van der Waals surface area contributed by atoms with E-state index in [0.29, 0.717) is 12.6 Å². The van der Waals surface area contributed by atoms with E-state index in [1.807, 2.05) is 33.8 Å². The summed E-state index contributed by atoms with van der Waals surface area (Å²) < 4.78 is 5.01. The molecule has 0 saturated heterocycles. The minimum Gasteiger partial charge on any atom is -0.455 e. The van der Waals surface area contributed by atoms with Crippen LogP contribution in [0.15, 0.2) is 11.6 Å². The third kappa shape index (κ3) is 6.08. The van der Waals surface area contributed by atoms with E-state index < -0.39 is 11.6 Å². The molecule has 0 aromatic heterocycles. The minimum absolute atomic E-state index is 0.522. The molecule has 0 aliphatic carbocycles. The van der Waals surface area contributed by atoms with Gasteiger partial charge in [0.05, 0.1) is 0 Å². The molecular formula is C10H17NO2. The lowest BCUT2D eigenvalue weighted by atomic mass is 10.0. The molecule has 0 aromatic carbocycles. The van der Waals surface area contributed by atoms with Crippen LogP contribution in [0.25, 0.3) is 0 Å². The summed E-state index contributed by atoms with van der Waals surface area (Å²) in [7, 11) is 0. The summed E-state index contributed by atoms with van der Waals surface area (Å²) in [6, 6.07) is 0. The van der Waals surface area contributed by atoms with Crippen LogP contribution in [0.2, 0.25) is 0 Å². The van der Waals surface area contributed by atoms with Gasteiger partial charge >= 0.3 is 5.97 Å². The van der Waals surface area contributed by atoms with Gasteiger partial charge in [-0.3, -0.25) is 0 Å². The summed E-state index contributed by atoms with van der Waals surface area (Å²) >= 11 is 0. The quantitative estimate of drug-likeness (QED) is 0.413. The number of carbonyl (C=O) groups is 1. The Morgan fingerprint density at radius 1 is 1.46 bits per heavy atom. The van der Waals surface area contributed by atoms with Crippen molar-refractivity contribution in [2.45, 2.75) is 39.7 Å². The molecule has 0 rings (SSSR count). The SMILES string of the molecule is CC(C)=CCC(C)(C)OC(=O)C=N. The number of hydrogen-bond acceptors (Lipinski definition) is 3. The summed E-state index contributed by atoms with van der Waals surface area (Å²) in [5.41, 5.74) is 0.672. The fourth-order valence-corrected chi connectivity index (χ4v) is 0.793. The first-order chi connectivity index (χ1) is 5.87. The Balaban J connectivity index is 4.15. The average Bonchev–Trinajstić information content (AvgIpc) is 2.00. The van der Waals surface area contributed by atoms with Crippen molar-refractivity contribution in [1.29, 1.82) is 5.41 Å². The van der Waals surface area contributed by atoms with Crippen molar-refractivity contribution in [3.05, 3.63) is 11.6 Å². The van der Waals surface area contributed by atoms with Gasteiger partial charge in [0.1, 0.15) is 11.8 Å². The van der Waals surface area contributed by atoms with Crippen LogP contribution < -0.4 is 0 Å². The number of hydrogen-bond donors (Lipinski definition) is 1. The van der Waals surface area contributed by atoms with Crippen LogP contribution in [-0.4, -0.2) is 17.8 Å². The van der Waals surface area contributed by atoms with Crippen LogP contribution in [0, 0.1) is 5.41 Å². The van der Waals surface area contributed by atoms with Crippen molar-refractivity contribution >= 4 is 12.2 Å². The molecule has 0 saturated carbocycles. The highest BCUT2D eigenvalue weighted by atomic mass is 16.6. The second-order valence-corrected chi connectivity index (χ2v) is 3.81. The van der Waals surface area contributed by atoms with Gasteiger partial charge in [-0.25, -0.2) is 4.79 Å². The van der Waals surface area contributed by atoms with Gasteiger partial charge in [-0.1, -0.05) is 11.6 Å². The first kappa shape index (κ1) is 11.9. The summed E-state index contributed by atoms with van der Waals surface area (Å²) in [6.45, 7) is 7.64. The maximum Gasteiger partial charge on any atom is 0.349 e. The first-order valence-electron chi connectivity index (χ1n) is 4.24. The molecule has 3 heteroatoms. The van der Waals surface area contributed by atoms with Crippen LogP contribution in [0.3, 0.4) is 0 Å². The van der Waals surface area contributed by atoms with Gasteiger partial charge in [0.25, 0.3) is 0 Å². The van der Waals surface area contributed by atoms with E-state index >= 15 is 0 Å². The van der Waals surface area contributed by atoms with Crippen molar-refractivity contribution in [3.63, 3.8) is 0 Å². The number of carbonyl (C=O) groups excluding carboxylic acids is 1. The third-order valence-electron chi connectivity index (χ3n) is 1.50. The van der Waals surface area contributed by atoms with E-state index in [4.69, 9.17) is 10.1 Å². The summed E-state index contributed by atoms with van der Waals surface area (Å²) in [6.07, 6.45) is 3.37. The lowest BCUT2D eigenvalue weighted by Crippen LogP contribution is -2.27. The number of rotatable bonds is 4. The predicted octanol–water partition coefficient (Wildman–Crippen LogP) is 2.31. The maximum atomic E-state index is 10.8. The van der Waals surface area contributed by atoms with E-state index in [-0.39, 0.29) is 0 Å². The second kappa shape index (κ2) is 4.80. The van der Waals surface area contributed by atoms with E-state index in [2.05, 4.69) is 0 Å². The Labute approximate surface area is 79.3 Å². The maximum absolute atomic E-state index is 10.8. The molecule has 1 N–H and O–H groups in total. The Morgan fingerprint density at radius 3 is 2.38 bits per heavy atom. The van der Waals surface area contributed by atoms with Crippen molar-refractivity contribution in [2.75, 3.05) is 0 Å². The molecule has 3 nitrogen and oxygen atoms in total. The zero-order valence-electron chi connectivity index (χ0n) is 8.68. The van der Waals surface area contributed by atoms with Gasteiger partial charge in [0.15, 0.2) is 0 Å². The third-order valence-corrected chi connectivity index (χ3v) is 1.50. The molecular weight excluding hydrogens is 166 g/mol. The van der Waals surface area contributed by atoms with E-state index in [0.717, 1.165) is 0 Å². The predicted molar refractivity (Wildman–Crippen MR) is 53.0 cm³/mol. The van der Waals surface area contributed by atoms with E-state index in [1.165, 1.54) is 5.57 Å². The van der Waals surface area contributed by atoms with Crippen LogP contribution >= 0.6 is 0 Å². The number of ether oxygens (including phenoxy) is 1. The normalized spacial score (nSPS) is 10.5. The molecule has 0 radical (unpaired) electrons. The molecule has 74 valence electrons. The summed E-state index contributed by atoms with van der Waals surface area (Å²) in [5.74, 6) is -0.591. The summed E-state index contributed by atoms with van der Waals surface area (Å²) in [4.78, 5) is 10.8. The van der Waals surface area contributed by atoms with Gasteiger partial charge < -0.3 is 10.1 Å². The highest BCUT2D eigenvalue weighted by Crippen LogP contribution is 2.15. The van der Waals surface area contributed by atoms with E-state index in [1.54, 1.807) is 0 Å². The lowest BCUT2D eigenvalue weighted by molar-refractivity contribution is -0.146. The Kier molecular flexibility index (Phi) is 4.38. The molecule has 13 heavy (non-hydrogen) atoms. The Morgan fingerprint density at radius 2 is 2.00 bits per heavy atom. The molecule has 0 heterocycles. The highest BCUT2D eigenvalue weighted by Gasteiger charge is 2.20. The molecule has 0 aliphatic heterocycles. The van der Waals surface area contributed by atoms with Gasteiger partial charge in [-0.05, 0) is 27.7 Å². The fraction of sp³-hybridized carbons (Fsp3) is 0.600. The minimum atomic E-state index is -0.591. The Bertz CT molecular complexity index is 225. The number of nitrogens with one attached hydrogen (secondary N) is 1. The zero-order chi connectivity index (χ0) is 10.5. The standard InChI is InChI=1S/C10H17NO2/c1-8(2)5-6-10(3,4)13-9(12)7-11/h5,7,11H,6H2,1-4H3. The smallest absolute Gasteiger partial charge is 0.349 e. The molecule has 0 aliphatic rings. The molecule has 0 aromatic rings. The van der Waals surface area contributed by atoms with Crippen LogP contribution in [0.5, 0.6) is 0 Å². The zero-order valence-corrected chi connectivity index (χ0v) is 8.68. The van der Waals surface area contributed by atoms with Crippen LogP contribution in [-0.2, 0) is 9.53 Å². The highest BCUT2D eigenvalue weighted by molar-refractivity contribution is 6.21. The summed E-state index contributed by atoms with van der Waals surface area (Å²) in [5, 5.41) is 6.69. The molecule has 0 spiro atoms. The van der Waals surface area contributed by atoms with E-state index in [9.17, 15) is 4.79 Å². The molecule has 0 amide bonds. The molecule has 0 atom stereocenters. The van der Waals surface area contributed by atoms with Crippen LogP contribution in [0.4, 0.5) is 0 Å². The Hall–Kier alpha value is -1.12. The topological polar surface area (TPSA) is 50.2 Å². The largest absolute Gasteiger partial charge is 0.455 e. The van der Waals surface area contributed by atoms with Crippen molar-refractivity contribution in [3.8, 4) is 0 Å². The van der Waals surface area contributed by atoms with Gasteiger partial charge in [-0.2, -0.15) is 0 Å². The van der Waals surface area contributed by atoms with Gasteiger partial charge in [0, 0.05) is 6.42 Å². The lowest BCUT2D eigenvalue weighted by Gasteiger charge is -2.22. The van der Waals surface area contributed by atoms with Gasteiger partial charge in [-0.15, -0.1) is 0 Å². The average molecular weight is 183 g/mol. The second-order valence-electron chi connectivity index (χ2n) is 3.81. The molecule has 0 unspecified atom stereocenters. The fourth-order valence-electron chi connectivity index (χ4n) is 0.793. The monoisotopic (exact) mass is 183 g/mol. The number of esters is 1. The molecule has 0 fully saturated rings. The number of allylic oxidation sites excluding steroid dienone is 1. The van der Waals surface area contributed by atoms with Crippen molar-refractivity contribution in [2.24, 2.45) is 0 Å².